The molecule has 0 unspecified atom stereocenters. The normalized spacial score (nSPS) is 12.0. The van der Waals surface area contributed by atoms with Crippen LogP contribution in [-0.4, -0.2) is 0 Å². The van der Waals surface area contributed by atoms with Crippen LogP contribution in [0.5, 0.6) is 0 Å². The first-order valence-corrected chi connectivity index (χ1v) is 2.01. The summed E-state index contributed by atoms with van der Waals surface area (Å²) in [6.45, 7) is 0. The zero-order chi connectivity index (χ0) is 3.98. The molecule has 0 saturated carbocycles. The summed E-state index contributed by atoms with van der Waals surface area (Å²) < 4.78 is 4.93. The molecule has 3 N–H and O–H groups in total. The van der Waals surface area contributed by atoms with E-state index in [9.17, 15) is 0 Å². The van der Waals surface area contributed by atoms with Gasteiger partial charge in [0.1, 0.15) is 5.76 Å². The SMILES string of the molecule is N.c1oc2cc1C2. The maximum atomic E-state index is 4.93. The fraction of sp³-hybridized carbons (Fsp3) is 0.200. The van der Waals surface area contributed by atoms with Crippen molar-refractivity contribution >= 4 is 0 Å². The van der Waals surface area contributed by atoms with E-state index in [4.69, 9.17) is 4.42 Å². The van der Waals surface area contributed by atoms with Crippen LogP contribution in [0.25, 0.3) is 0 Å². The molecule has 1 aromatic rings. The lowest BCUT2D eigenvalue weighted by Crippen LogP contribution is -1.86. The van der Waals surface area contributed by atoms with Gasteiger partial charge in [-0.25, -0.2) is 0 Å². The largest absolute Gasteiger partial charge is 0.469 e. The van der Waals surface area contributed by atoms with Gasteiger partial charge in [0.15, 0.2) is 0 Å². The first kappa shape index (κ1) is 4.40. The Morgan fingerprint density at radius 3 is 2.43 bits per heavy atom. The van der Waals surface area contributed by atoms with Crippen molar-refractivity contribution in [2.24, 2.45) is 0 Å². The van der Waals surface area contributed by atoms with Crippen LogP contribution in [0.1, 0.15) is 11.3 Å². The third kappa shape index (κ3) is 0.367. The van der Waals surface area contributed by atoms with Crippen LogP contribution < -0.4 is 6.15 Å². The fourth-order valence-corrected chi connectivity index (χ4v) is 0.682. The van der Waals surface area contributed by atoms with Gasteiger partial charge in [-0.15, -0.1) is 0 Å². The standard InChI is InChI=1S/C5H4O.H3N/c1-4-2-5(1)6-3-4;/h1,3H,2H2;1H3. The Hall–Kier alpha value is -0.760. The van der Waals surface area contributed by atoms with Crippen LogP contribution in [0.3, 0.4) is 0 Å². The number of hydrogen-bond donors (Lipinski definition) is 1. The van der Waals surface area contributed by atoms with Gasteiger partial charge in [-0.2, -0.15) is 0 Å². The average molecular weight is 97.1 g/mol. The second-order valence-corrected chi connectivity index (χ2v) is 1.60. The summed E-state index contributed by atoms with van der Waals surface area (Å²) in [5, 5.41) is 0. The van der Waals surface area contributed by atoms with Crippen molar-refractivity contribution in [1.82, 2.24) is 6.15 Å². The highest BCUT2D eigenvalue weighted by Gasteiger charge is 2.11. The van der Waals surface area contributed by atoms with E-state index in [1.165, 1.54) is 5.56 Å². The second kappa shape index (κ2) is 1.10. The fourth-order valence-electron chi connectivity index (χ4n) is 0.682. The molecule has 0 fully saturated rings. The predicted molar refractivity (Wildman–Crippen MR) is 26.5 cm³/mol. The molecule has 2 aliphatic rings. The van der Waals surface area contributed by atoms with Gasteiger partial charge in [-0.3, -0.25) is 0 Å². The van der Waals surface area contributed by atoms with E-state index in [0.717, 1.165) is 12.2 Å². The molecule has 3 rings (SSSR count). The molecule has 1 aliphatic carbocycles. The van der Waals surface area contributed by atoms with Crippen LogP contribution in [0, 0.1) is 0 Å². The molecule has 0 amide bonds. The van der Waals surface area contributed by atoms with E-state index in [0.29, 0.717) is 0 Å². The Morgan fingerprint density at radius 2 is 2.29 bits per heavy atom. The third-order valence-corrected chi connectivity index (χ3v) is 1.09. The van der Waals surface area contributed by atoms with Crippen molar-refractivity contribution < 1.29 is 4.42 Å². The summed E-state index contributed by atoms with van der Waals surface area (Å²) in [5.41, 5.74) is 1.34. The molecule has 1 aromatic heterocycles. The van der Waals surface area contributed by atoms with Gasteiger partial charge < -0.3 is 10.6 Å². The Balaban J connectivity index is 0.000000245. The molecule has 38 valence electrons. The van der Waals surface area contributed by atoms with Crippen LogP contribution in [-0.2, 0) is 6.42 Å². The molecule has 2 heteroatoms. The molecule has 0 saturated heterocycles. The Kier molecular flexibility index (Phi) is 0.694. The Morgan fingerprint density at radius 1 is 1.57 bits per heavy atom. The van der Waals surface area contributed by atoms with E-state index in [1.807, 2.05) is 0 Å². The molecular weight excluding hydrogens is 90.1 g/mol. The maximum Gasteiger partial charge on any atom is 0.108 e. The van der Waals surface area contributed by atoms with E-state index >= 15 is 0 Å². The van der Waals surface area contributed by atoms with Crippen molar-refractivity contribution in [3.05, 3.63) is 23.7 Å². The summed E-state index contributed by atoms with van der Waals surface area (Å²) in [6, 6.07) is 2.06. The number of fused-ring (bicyclic) bond motifs is 1. The molecule has 2 bridgehead atoms. The molecule has 0 radical (unpaired) electrons. The Labute approximate surface area is 41.7 Å². The minimum Gasteiger partial charge on any atom is -0.469 e. The van der Waals surface area contributed by atoms with Crippen molar-refractivity contribution in [2.45, 2.75) is 6.42 Å². The predicted octanol–water partition coefficient (Wildman–Crippen LogP) is 1.35. The lowest BCUT2D eigenvalue weighted by atomic mass is 10.1. The van der Waals surface area contributed by atoms with Crippen molar-refractivity contribution in [1.29, 1.82) is 0 Å². The smallest absolute Gasteiger partial charge is 0.108 e. The van der Waals surface area contributed by atoms with Gasteiger partial charge in [0.25, 0.3) is 0 Å². The zero-order valence-corrected chi connectivity index (χ0v) is 3.98. The van der Waals surface area contributed by atoms with Crippen molar-refractivity contribution in [2.75, 3.05) is 0 Å². The third-order valence-electron chi connectivity index (χ3n) is 1.09. The molecule has 2 nitrogen and oxygen atoms in total. The van der Waals surface area contributed by atoms with Crippen molar-refractivity contribution in [3.8, 4) is 0 Å². The lowest BCUT2D eigenvalue weighted by Gasteiger charge is -1.93. The minimum atomic E-state index is 0. The first-order valence-electron chi connectivity index (χ1n) is 2.01. The van der Waals surface area contributed by atoms with Crippen LogP contribution in [0.15, 0.2) is 16.7 Å². The van der Waals surface area contributed by atoms with E-state index in [-0.39, 0.29) is 6.15 Å². The van der Waals surface area contributed by atoms with Gasteiger partial charge in [0.2, 0.25) is 0 Å². The van der Waals surface area contributed by atoms with Gasteiger partial charge in [0, 0.05) is 6.42 Å². The maximum absolute atomic E-state index is 4.93. The topological polar surface area (TPSA) is 48.1 Å². The average Bonchev–Trinajstić information content (AvgIpc) is 1.72. The summed E-state index contributed by atoms with van der Waals surface area (Å²) in [6.07, 6.45) is 2.88. The van der Waals surface area contributed by atoms with Crippen molar-refractivity contribution in [3.63, 3.8) is 0 Å². The molecule has 0 spiro atoms. The minimum absolute atomic E-state index is 0. The quantitative estimate of drug-likeness (QED) is 0.539. The Bertz CT molecular complexity index is 144. The summed E-state index contributed by atoms with van der Waals surface area (Å²) in [7, 11) is 0. The van der Waals surface area contributed by atoms with Gasteiger partial charge >= 0.3 is 0 Å². The zero-order valence-electron chi connectivity index (χ0n) is 3.98. The van der Waals surface area contributed by atoms with Gasteiger partial charge in [0.05, 0.1) is 6.26 Å². The van der Waals surface area contributed by atoms with Gasteiger partial charge in [-0.05, 0) is 11.6 Å². The number of furan rings is 1. The van der Waals surface area contributed by atoms with E-state index < -0.39 is 0 Å². The lowest BCUT2D eigenvalue weighted by molar-refractivity contribution is 0.542. The summed E-state index contributed by atoms with van der Waals surface area (Å²) in [5.74, 6) is 1.13. The molecule has 1 aliphatic heterocycles. The first-order chi connectivity index (χ1) is 2.95. The summed E-state index contributed by atoms with van der Waals surface area (Å²) >= 11 is 0. The molecule has 0 atom stereocenters. The number of hydrogen-bond acceptors (Lipinski definition) is 2. The molecular formula is C5H7NO. The monoisotopic (exact) mass is 97.1 g/mol. The molecule has 0 aromatic carbocycles. The number of rotatable bonds is 0. The molecule has 7 heavy (non-hydrogen) atoms. The van der Waals surface area contributed by atoms with Crippen LogP contribution >= 0.6 is 0 Å². The highest BCUT2D eigenvalue weighted by molar-refractivity contribution is 5.28. The molecule has 2 heterocycles. The highest BCUT2D eigenvalue weighted by Crippen LogP contribution is 2.21. The van der Waals surface area contributed by atoms with E-state index in [2.05, 4.69) is 6.07 Å². The second-order valence-electron chi connectivity index (χ2n) is 1.60. The van der Waals surface area contributed by atoms with Gasteiger partial charge in [-0.1, -0.05) is 0 Å². The highest BCUT2D eigenvalue weighted by atomic mass is 16.3. The summed E-state index contributed by atoms with van der Waals surface area (Å²) in [4.78, 5) is 0. The van der Waals surface area contributed by atoms with Crippen LogP contribution in [0.4, 0.5) is 0 Å². The van der Waals surface area contributed by atoms with Crippen LogP contribution in [0.2, 0.25) is 0 Å². The van der Waals surface area contributed by atoms with E-state index in [1.54, 1.807) is 6.26 Å².